The third kappa shape index (κ3) is 4.18. The Kier molecular flexibility index (Phi) is 4.43. The van der Waals surface area contributed by atoms with Crippen LogP contribution in [0.15, 0.2) is 18.2 Å². The van der Waals surface area contributed by atoms with E-state index in [-0.39, 0.29) is 16.9 Å². The SMILES string of the molecule is CC1(C)CC(NCc2ccc(F)cc2Cl)CC(C)(C)N1. The Bertz CT molecular complexity index is 469. The first-order valence-electron chi connectivity index (χ1n) is 7.14. The number of hydrogen-bond donors (Lipinski definition) is 2. The van der Waals surface area contributed by atoms with Crippen molar-refractivity contribution in [2.24, 2.45) is 0 Å². The van der Waals surface area contributed by atoms with Crippen molar-refractivity contribution in [3.8, 4) is 0 Å². The third-order valence-electron chi connectivity index (χ3n) is 3.79. The maximum Gasteiger partial charge on any atom is 0.124 e. The lowest BCUT2D eigenvalue weighted by Crippen LogP contribution is -2.61. The van der Waals surface area contributed by atoms with Crippen molar-refractivity contribution < 1.29 is 4.39 Å². The molecule has 1 saturated heterocycles. The molecule has 20 heavy (non-hydrogen) atoms. The van der Waals surface area contributed by atoms with E-state index < -0.39 is 0 Å². The van der Waals surface area contributed by atoms with Crippen LogP contribution in [0.4, 0.5) is 4.39 Å². The topological polar surface area (TPSA) is 24.1 Å². The minimum Gasteiger partial charge on any atom is -0.310 e. The first-order chi connectivity index (χ1) is 9.17. The summed E-state index contributed by atoms with van der Waals surface area (Å²) in [7, 11) is 0. The highest BCUT2D eigenvalue weighted by atomic mass is 35.5. The van der Waals surface area contributed by atoms with Gasteiger partial charge in [-0.25, -0.2) is 4.39 Å². The van der Waals surface area contributed by atoms with Gasteiger partial charge in [0, 0.05) is 28.7 Å². The second-order valence-electron chi connectivity index (χ2n) is 7.11. The molecule has 0 bridgehead atoms. The summed E-state index contributed by atoms with van der Waals surface area (Å²) in [4.78, 5) is 0. The van der Waals surface area contributed by atoms with E-state index in [9.17, 15) is 4.39 Å². The standard InChI is InChI=1S/C16H24ClFN2/c1-15(2)8-13(9-16(3,4)20-15)19-10-11-5-6-12(18)7-14(11)17/h5-7,13,19-20H,8-10H2,1-4H3. The third-order valence-corrected chi connectivity index (χ3v) is 4.14. The smallest absolute Gasteiger partial charge is 0.124 e. The summed E-state index contributed by atoms with van der Waals surface area (Å²) in [6, 6.07) is 5.01. The molecule has 112 valence electrons. The molecular weight excluding hydrogens is 275 g/mol. The van der Waals surface area contributed by atoms with Crippen LogP contribution in [-0.4, -0.2) is 17.1 Å². The summed E-state index contributed by atoms with van der Waals surface area (Å²) in [6.07, 6.45) is 2.13. The molecule has 1 aliphatic rings. The fourth-order valence-corrected chi connectivity index (χ4v) is 3.62. The normalized spacial score (nSPS) is 21.9. The largest absolute Gasteiger partial charge is 0.310 e. The molecule has 1 aromatic carbocycles. The zero-order valence-corrected chi connectivity index (χ0v) is 13.4. The van der Waals surface area contributed by atoms with Gasteiger partial charge in [-0.3, -0.25) is 0 Å². The highest BCUT2D eigenvalue weighted by Crippen LogP contribution is 2.29. The van der Waals surface area contributed by atoms with Crippen LogP contribution in [0.5, 0.6) is 0 Å². The van der Waals surface area contributed by atoms with E-state index in [1.54, 1.807) is 6.07 Å². The number of hydrogen-bond acceptors (Lipinski definition) is 2. The first-order valence-corrected chi connectivity index (χ1v) is 7.51. The van der Waals surface area contributed by atoms with Crippen molar-refractivity contribution >= 4 is 11.6 Å². The zero-order chi connectivity index (χ0) is 15.0. The Morgan fingerprint density at radius 2 is 1.85 bits per heavy atom. The van der Waals surface area contributed by atoms with Gasteiger partial charge in [0.15, 0.2) is 0 Å². The molecule has 1 aliphatic heterocycles. The van der Waals surface area contributed by atoms with Gasteiger partial charge >= 0.3 is 0 Å². The molecule has 0 atom stereocenters. The Balaban J connectivity index is 2.00. The van der Waals surface area contributed by atoms with Crippen LogP contribution < -0.4 is 10.6 Å². The molecule has 0 unspecified atom stereocenters. The van der Waals surface area contributed by atoms with Crippen LogP contribution in [0.25, 0.3) is 0 Å². The molecular formula is C16H24ClFN2. The molecule has 0 spiro atoms. The number of piperidine rings is 1. The molecule has 0 aliphatic carbocycles. The lowest BCUT2D eigenvalue weighted by molar-refractivity contribution is 0.145. The van der Waals surface area contributed by atoms with Crippen molar-refractivity contribution in [1.82, 2.24) is 10.6 Å². The van der Waals surface area contributed by atoms with Crippen molar-refractivity contribution in [3.05, 3.63) is 34.6 Å². The summed E-state index contributed by atoms with van der Waals surface area (Å²) < 4.78 is 13.0. The summed E-state index contributed by atoms with van der Waals surface area (Å²) in [5.41, 5.74) is 1.18. The fourth-order valence-electron chi connectivity index (χ4n) is 3.39. The van der Waals surface area contributed by atoms with Crippen molar-refractivity contribution in [1.29, 1.82) is 0 Å². The predicted octanol–water partition coefficient (Wildman–Crippen LogP) is 3.88. The first kappa shape index (κ1) is 15.7. The summed E-state index contributed by atoms with van der Waals surface area (Å²) >= 11 is 6.07. The van der Waals surface area contributed by atoms with Gasteiger partial charge in [-0.15, -0.1) is 0 Å². The average Bonchev–Trinajstić information content (AvgIpc) is 2.23. The predicted molar refractivity (Wildman–Crippen MR) is 82.6 cm³/mol. The average molecular weight is 299 g/mol. The van der Waals surface area contributed by atoms with Crippen LogP contribution in [0.1, 0.15) is 46.1 Å². The Morgan fingerprint density at radius 3 is 2.40 bits per heavy atom. The van der Waals surface area contributed by atoms with Crippen molar-refractivity contribution in [2.75, 3.05) is 0 Å². The van der Waals surface area contributed by atoms with Gasteiger partial charge in [-0.1, -0.05) is 17.7 Å². The van der Waals surface area contributed by atoms with Crippen LogP contribution >= 0.6 is 11.6 Å². The maximum atomic E-state index is 13.0. The molecule has 4 heteroatoms. The minimum atomic E-state index is -0.289. The van der Waals surface area contributed by atoms with Gasteiger partial charge in [0.25, 0.3) is 0 Å². The van der Waals surface area contributed by atoms with Crippen LogP contribution in [0.3, 0.4) is 0 Å². The van der Waals surface area contributed by atoms with E-state index in [2.05, 4.69) is 38.3 Å². The second kappa shape index (κ2) is 5.63. The molecule has 2 rings (SSSR count). The lowest BCUT2D eigenvalue weighted by Gasteiger charge is -2.46. The van der Waals surface area contributed by atoms with Gasteiger partial charge in [0.2, 0.25) is 0 Å². The highest BCUT2D eigenvalue weighted by molar-refractivity contribution is 6.31. The maximum absolute atomic E-state index is 13.0. The number of rotatable bonds is 3. The van der Waals surface area contributed by atoms with Gasteiger partial charge < -0.3 is 10.6 Å². The van der Waals surface area contributed by atoms with Crippen LogP contribution in [0, 0.1) is 5.82 Å². The van der Waals surface area contributed by atoms with E-state index >= 15 is 0 Å². The molecule has 2 N–H and O–H groups in total. The summed E-state index contributed by atoms with van der Waals surface area (Å²) in [6.45, 7) is 9.60. The molecule has 1 aromatic rings. The van der Waals surface area contributed by atoms with Crippen LogP contribution in [0.2, 0.25) is 5.02 Å². The highest BCUT2D eigenvalue weighted by Gasteiger charge is 2.37. The molecule has 0 saturated carbocycles. The number of halogens is 2. The molecule has 0 amide bonds. The zero-order valence-electron chi connectivity index (χ0n) is 12.7. The van der Waals surface area contributed by atoms with E-state index in [1.165, 1.54) is 12.1 Å². The minimum absolute atomic E-state index is 0.117. The second-order valence-corrected chi connectivity index (χ2v) is 7.52. The van der Waals surface area contributed by atoms with Crippen LogP contribution in [-0.2, 0) is 6.54 Å². The van der Waals surface area contributed by atoms with Gasteiger partial charge in [-0.2, -0.15) is 0 Å². The van der Waals surface area contributed by atoms with E-state index in [0.29, 0.717) is 17.6 Å². The quantitative estimate of drug-likeness (QED) is 0.885. The van der Waals surface area contributed by atoms with Crippen molar-refractivity contribution in [2.45, 2.75) is 64.2 Å². The molecule has 0 aromatic heterocycles. The Labute approximate surface area is 126 Å². The number of nitrogens with one attached hydrogen (secondary N) is 2. The number of benzene rings is 1. The molecule has 1 fully saturated rings. The summed E-state index contributed by atoms with van der Waals surface area (Å²) in [5, 5.41) is 7.72. The summed E-state index contributed by atoms with van der Waals surface area (Å²) in [5.74, 6) is -0.289. The van der Waals surface area contributed by atoms with Gasteiger partial charge in [0.05, 0.1) is 0 Å². The Hall–Kier alpha value is -0.640. The van der Waals surface area contributed by atoms with Gasteiger partial charge in [0.1, 0.15) is 5.82 Å². The van der Waals surface area contributed by atoms with Crippen molar-refractivity contribution in [3.63, 3.8) is 0 Å². The Morgan fingerprint density at radius 1 is 1.25 bits per heavy atom. The monoisotopic (exact) mass is 298 g/mol. The van der Waals surface area contributed by atoms with Gasteiger partial charge in [-0.05, 0) is 58.2 Å². The fraction of sp³-hybridized carbons (Fsp3) is 0.625. The van der Waals surface area contributed by atoms with E-state index in [4.69, 9.17) is 11.6 Å². The van der Waals surface area contributed by atoms with E-state index in [1.807, 2.05) is 0 Å². The molecule has 0 radical (unpaired) electrons. The molecule has 1 heterocycles. The molecule has 2 nitrogen and oxygen atoms in total. The lowest BCUT2D eigenvalue weighted by atomic mass is 9.79. The van der Waals surface area contributed by atoms with E-state index in [0.717, 1.165) is 18.4 Å².